The number of pyridine rings is 1. The summed E-state index contributed by atoms with van der Waals surface area (Å²) >= 11 is 9.25. The van der Waals surface area contributed by atoms with Gasteiger partial charge in [0.15, 0.2) is 0 Å². The molecule has 1 fully saturated rings. The van der Waals surface area contributed by atoms with E-state index >= 15 is 0 Å². The van der Waals surface area contributed by atoms with Crippen molar-refractivity contribution in [3.8, 4) is 0 Å². The third kappa shape index (κ3) is 1.90. The molecule has 0 aliphatic heterocycles. The van der Waals surface area contributed by atoms with Gasteiger partial charge in [0.05, 0.1) is 5.02 Å². The molecular formula is C8H8BrClN2. The standard InChI is InChI=1S/C8H8BrClN2/c9-5-3-7(10)8(11-4-5)12-6-1-2-6/h3-4,6H,1-2H2,(H,11,12). The van der Waals surface area contributed by atoms with E-state index in [0.29, 0.717) is 11.1 Å². The van der Waals surface area contributed by atoms with E-state index in [1.165, 1.54) is 12.8 Å². The summed E-state index contributed by atoms with van der Waals surface area (Å²) in [5.74, 6) is 0.794. The van der Waals surface area contributed by atoms with Gasteiger partial charge in [-0.3, -0.25) is 0 Å². The number of rotatable bonds is 2. The highest BCUT2D eigenvalue weighted by Crippen LogP contribution is 2.28. The second-order valence-electron chi connectivity index (χ2n) is 2.90. The molecule has 0 amide bonds. The van der Waals surface area contributed by atoms with Crippen molar-refractivity contribution in [1.29, 1.82) is 0 Å². The molecule has 4 heteroatoms. The van der Waals surface area contributed by atoms with E-state index in [9.17, 15) is 0 Å². The molecule has 0 saturated heterocycles. The fourth-order valence-electron chi connectivity index (χ4n) is 0.942. The second-order valence-corrected chi connectivity index (χ2v) is 4.23. The second kappa shape index (κ2) is 3.23. The number of halogens is 2. The zero-order valence-corrected chi connectivity index (χ0v) is 8.69. The van der Waals surface area contributed by atoms with E-state index in [1.807, 2.05) is 6.07 Å². The minimum Gasteiger partial charge on any atom is -0.366 e. The van der Waals surface area contributed by atoms with Crippen molar-refractivity contribution >= 4 is 33.3 Å². The van der Waals surface area contributed by atoms with Gasteiger partial charge in [-0.15, -0.1) is 0 Å². The Morgan fingerprint density at radius 3 is 2.92 bits per heavy atom. The first-order chi connectivity index (χ1) is 5.75. The van der Waals surface area contributed by atoms with Crippen LogP contribution in [0.5, 0.6) is 0 Å². The number of nitrogens with one attached hydrogen (secondary N) is 1. The van der Waals surface area contributed by atoms with E-state index in [0.717, 1.165) is 10.3 Å². The van der Waals surface area contributed by atoms with Crippen molar-refractivity contribution < 1.29 is 0 Å². The molecule has 0 radical (unpaired) electrons. The first-order valence-corrected chi connectivity index (χ1v) is 5.00. The molecule has 1 heterocycles. The Hall–Kier alpha value is -0.280. The molecule has 0 aromatic carbocycles. The highest BCUT2D eigenvalue weighted by Gasteiger charge is 2.22. The normalized spacial score (nSPS) is 16.2. The zero-order valence-electron chi connectivity index (χ0n) is 6.35. The predicted octanol–water partition coefficient (Wildman–Crippen LogP) is 3.07. The van der Waals surface area contributed by atoms with Crippen LogP contribution in [0.1, 0.15) is 12.8 Å². The molecule has 0 spiro atoms. The Morgan fingerprint density at radius 1 is 1.58 bits per heavy atom. The lowest BCUT2D eigenvalue weighted by molar-refractivity contribution is 1.11. The molecule has 1 saturated carbocycles. The summed E-state index contributed by atoms with van der Waals surface area (Å²) in [5, 5.41) is 3.92. The smallest absolute Gasteiger partial charge is 0.145 e. The first-order valence-electron chi connectivity index (χ1n) is 3.83. The lowest BCUT2D eigenvalue weighted by Crippen LogP contribution is -2.03. The SMILES string of the molecule is Clc1cc(Br)cnc1NC1CC1. The van der Waals surface area contributed by atoms with Crippen molar-refractivity contribution in [3.05, 3.63) is 21.8 Å². The largest absolute Gasteiger partial charge is 0.366 e. The van der Waals surface area contributed by atoms with E-state index in [-0.39, 0.29) is 0 Å². The fourth-order valence-corrected chi connectivity index (χ4v) is 1.63. The third-order valence-corrected chi connectivity index (χ3v) is 2.45. The first kappa shape index (κ1) is 8.32. The third-order valence-electron chi connectivity index (χ3n) is 1.73. The topological polar surface area (TPSA) is 24.9 Å². The summed E-state index contributed by atoms with van der Waals surface area (Å²) in [6, 6.07) is 2.44. The average Bonchev–Trinajstić information content (AvgIpc) is 2.79. The summed E-state index contributed by atoms with van der Waals surface area (Å²) < 4.78 is 0.911. The van der Waals surface area contributed by atoms with Crippen LogP contribution in [0, 0.1) is 0 Å². The van der Waals surface area contributed by atoms with Crippen LogP contribution in [0.25, 0.3) is 0 Å². The van der Waals surface area contributed by atoms with E-state index in [4.69, 9.17) is 11.6 Å². The molecule has 1 N–H and O–H groups in total. The Labute approximate surface area is 84.5 Å². The maximum absolute atomic E-state index is 5.95. The van der Waals surface area contributed by atoms with Gasteiger partial charge in [-0.05, 0) is 34.8 Å². The van der Waals surface area contributed by atoms with Crippen LogP contribution < -0.4 is 5.32 Å². The van der Waals surface area contributed by atoms with Crippen molar-refractivity contribution in [2.24, 2.45) is 0 Å². The lowest BCUT2D eigenvalue weighted by Gasteiger charge is -2.04. The van der Waals surface area contributed by atoms with Gasteiger partial charge in [0.1, 0.15) is 5.82 Å². The van der Waals surface area contributed by atoms with Crippen molar-refractivity contribution in [3.63, 3.8) is 0 Å². The highest BCUT2D eigenvalue weighted by molar-refractivity contribution is 9.10. The lowest BCUT2D eigenvalue weighted by atomic mass is 10.4. The average molecular weight is 248 g/mol. The van der Waals surface area contributed by atoms with Crippen molar-refractivity contribution in [1.82, 2.24) is 4.98 Å². The Kier molecular flexibility index (Phi) is 2.24. The van der Waals surface area contributed by atoms with Crippen LogP contribution in [0.4, 0.5) is 5.82 Å². The molecule has 0 unspecified atom stereocenters. The molecule has 1 aliphatic rings. The van der Waals surface area contributed by atoms with Crippen LogP contribution in [-0.4, -0.2) is 11.0 Å². The molecule has 2 nitrogen and oxygen atoms in total. The van der Waals surface area contributed by atoms with Crippen LogP contribution >= 0.6 is 27.5 Å². The van der Waals surface area contributed by atoms with Gasteiger partial charge >= 0.3 is 0 Å². The Morgan fingerprint density at radius 2 is 2.33 bits per heavy atom. The van der Waals surface area contributed by atoms with Gasteiger partial charge in [0.2, 0.25) is 0 Å². The van der Waals surface area contributed by atoms with Gasteiger partial charge in [0.25, 0.3) is 0 Å². The summed E-state index contributed by atoms with van der Waals surface area (Å²) in [4.78, 5) is 4.17. The van der Waals surface area contributed by atoms with Crippen LogP contribution in [0.2, 0.25) is 5.02 Å². The van der Waals surface area contributed by atoms with Gasteiger partial charge in [-0.25, -0.2) is 4.98 Å². The summed E-state index contributed by atoms with van der Waals surface area (Å²) in [6.07, 6.45) is 4.21. The zero-order chi connectivity index (χ0) is 8.55. The molecule has 1 aromatic rings. The highest BCUT2D eigenvalue weighted by atomic mass is 79.9. The number of hydrogen-bond acceptors (Lipinski definition) is 2. The van der Waals surface area contributed by atoms with Crippen molar-refractivity contribution in [2.75, 3.05) is 5.32 Å². The molecule has 1 aromatic heterocycles. The minimum atomic E-state index is 0.594. The molecule has 1 aliphatic carbocycles. The Bertz CT molecular complexity index is 299. The number of anilines is 1. The van der Waals surface area contributed by atoms with Gasteiger partial charge < -0.3 is 5.32 Å². The molecule has 0 bridgehead atoms. The molecule has 12 heavy (non-hydrogen) atoms. The van der Waals surface area contributed by atoms with Gasteiger partial charge in [-0.2, -0.15) is 0 Å². The Balaban J connectivity index is 2.18. The molecule has 0 atom stereocenters. The summed E-state index contributed by atoms with van der Waals surface area (Å²) in [6.45, 7) is 0. The maximum Gasteiger partial charge on any atom is 0.145 e. The fraction of sp³-hybridized carbons (Fsp3) is 0.375. The number of aromatic nitrogens is 1. The summed E-state index contributed by atoms with van der Waals surface area (Å²) in [7, 11) is 0. The summed E-state index contributed by atoms with van der Waals surface area (Å²) in [5.41, 5.74) is 0. The van der Waals surface area contributed by atoms with E-state index in [1.54, 1.807) is 6.20 Å². The van der Waals surface area contributed by atoms with Crippen LogP contribution in [0.15, 0.2) is 16.7 Å². The number of hydrogen-bond donors (Lipinski definition) is 1. The number of nitrogens with zero attached hydrogens (tertiary/aromatic N) is 1. The van der Waals surface area contributed by atoms with Gasteiger partial charge in [-0.1, -0.05) is 11.6 Å². The van der Waals surface area contributed by atoms with Crippen LogP contribution in [-0.2, 0) is 0 Å². The van der Waals surface area contributed by atoms with E-state index in [2.05, 4.69) is 26.2 Å². The minimum absolute atomic E-state index is 0.594. The quantitative estimate of drug-likeness (QED) is 0.869. The monoisotopic (exact) mass is 246 g/mol. The van der Waals surface area contributed by atoms with Crippen molar-refractivity contribution in [2.45, 2.75) is 18.9 Å². The molecular weight excluding hydrogens is 239 g/mol. The van der Waals surface area contributed by atoms with E-state index < -0.39 is 0 Å². The predicted molar refractivity (Wildman–Crippen MR) is 53.6 cm³/mol. The molecule has 2 rings (SSSR count). The maximum atomic E-state index is 5.95. The van der Waals surface area contributed by atoms with Crippen LogP contribution in [0.3, 0.4) is 0 Å². The van der Waals surface area contributed by atoms with Gasteiger partial charge in [0, 0.05) is 16.7 Å². The molecule has 64 valence electrons.